The van der Waals surface area contributed by atoms with E-state index in [4.69, 9.17) is 0 Å². The average Bonchev–Trinajstić information content (AvgIpc) is 2.30. The van der Waals surface area contributed by atoms with Crippen molar-refractivity contribution < 1.29 is 0 Å². The minimum Gasteiger partial charge on any atom is -0.372 e. The molecule has 1 saturated heterocycles. The maximum absolute atomic E-state index is 3.63. The van der Waals surface area contributed by atoms with Gasteiger partial charge in [-0.25, -0.2) is 0 Å². The van der Waals surface area contributed by atoms with Crippen LogP contribution in [0.5, 0.6) is 0 Å². The molecule has 73 valence electrons. The van der Waals surface area contributed by atoms with E-state index in [0.29, 0.717) is 0 Å². The molecule has 2 rings (SSSR count). The van der Waals surface area contributed by atoms with E-state index in [1.54, 1.807) is 0 Å². The largest absolute Gasteiger partial charge is 0.372 e. The van der Waals surface area contributed by atoms with Gasteiger partial charge >= 0.3 is 0 Å². The summed E-state index contributed by atoms with van der Waals surface area (Å²) in [6.07, 6.45) is 6.93. The summed E-state index contributed by atoms with van der Waals surface area (Å²) < 4.78 is 0. The highest BCUT2D eigenvalue weighted by molar-refractivity contribution is 5.48. The van der Waals surface area contributed by atoms with E-state index in [-0.39, 0.29) is 0 Å². The lowest BCUT2D eigenvalue weighted by molar-refractivity contribution is 0.578. The topological polar surface area (TPSA) is 3.24 Å². The maximum atomic E-state index is 3.63. The second-order valence-corrected chi connectivity index (χ2v) is 3.77. The van der Waals surface area contributed by atoms with Gasteiger partial charge < -0.3 is 4.90 Å². The molecule has 0 atom stereocenters. The Bertz CT molecular complexity index is 294. The summed E-state index contributed by atoms with van der Waals surface area (Å²) in [7, 11) is 0. The van der Waals surface area contributed by atoms with Gasteiger partial charge in [-0.2, -0.15) is 0 Å². The zero-order chi connectivity index (χ0) is 9.80. The number of rotatable bonds is 2. The van der Waals surface area contributed by atoms with Crippen LogP contribution < -0.4 is 4.90 Å². The number of hydrogen-bond donors (Lipinski definition) is 0. The van der Waals surface area contributed by atoms with Gasteiger partial charge in [0.2, 0.25) is 0 Å². The van der Waals surface area contributed by atoms with Crippen LogP contribution in [0.1, 0.15) is 24.8 Å². The molecule has 1 heteroatoms. The Balaban J connectivity index is 2.11. The molecule has 1 aromatic carbocycles. The molecule has 1 radical (unpaired) electrons. The van der Waals surface area contributed by atoms with Crippen LogP contribution in [0.15, 0.2) is 30.8 Å². The Morgan fingerprint density at radius 1 is 1.00 bits per heavy atom. The lowest BCUT2D eigenvalue weighted by Gasteiger charge is -2.28. The molecule has 0 spiro atoms. The lowest BCUT2D eigenvalue weighted by atomic mass is 10.1. The SMILES string of the molecule is C=[C]c1ccc(N2CCCCC2)cc1. The summed E-state index contributed by atoms with van der Waals surface area (Å²) in [5.74, 6) is 0. The molecule has 1 aliphatic rings. The summed E-state index contributed by atoms with van der Waals surface area (Å²) in [5.41, 5.74) is 2.41. The predicted octanol–water partition coefficient (Wildman–Crippen LogP) is 3.01. The fourth-order valence-corrected chi connectivity index (χ4v) is 1.94. The van der Waals surface area contributed by atoms with E-state index < -0.39 is 0 Å². The van der Waals surface area contributed by atoms with Crippen molar-refractivity contribution in [3.05, 3.63) is 42.5 Å². The molecule has 0 amide bonds. The third-order valence-electron chi connectivity index (χ3n) is 2.79. The third-order valence-corrected chi connectivity index (χ3v) is 2.79. The Kier molecular flexibility index (Phi) is 2.87. The zero-order valence-electron chi connectivity index (χ0n) is 8.50. The van der Waals surface area contributed by atoms with Gasteiger partial charge in [0.05, 0.1) is 0 Å². The van der Waals surface area contributed by atoms with E-state index in [1.165, 1.54) is 38.0 Å². The molecule has 0 saturated carbocycles. The van der Waals surface area contributed by atoms with Crippen molar-refractivity contribution in [2.45, 2.75) is 19.3 Å². The monoisotopic (exact) mass is 186 g/mol. The van der Waals surface area contributed by atoms with Crippen molar-refractivity contribution >= 4 is 5.69 Å². The van der Waals surface area contributed by atoms with E-state index in [2.05, 4.69) is 41.8 Å². The van der Waals surface area contributed by atoms with E-state index in [1.807, 2.05) is 0 Å². The predicted molar refractivity (Wildman–Crippen MR) is 60.5 cm³/mol. The Labute approximate surface area is 86.1 Å². The van der Waals surface area contributed by atoms with Crippen molar-refractivity contribution in [3.8, 4) is 0 Å². The average molecular weight is 186 g/mol. The first kappa shape index (κ1) is 9.32. The lowest BCUT2D eigenvalue weighted by Crippen LogP contribution is -2.29. The highest BCUT2D eigenvalue weighted by Gasteiger charge is 2.09. The number of hydrogen-bond acceptors (Lipinski definition) is 1. The summed E-state index contributed by atoms with van der Waals surface area (Å²) in [6.45, 7) is 6.05. The molecule has 0 aromatic heterocycles. The maximum Gasteiger partial charge on any atom is 0.0366 e. The van der Waals surface area contributed by atoms with Crippen LogP contribution in [0.3, 0.4) is 0 Å². The Morgan fingerprint density at radius 2 is 1.64 bits per heavy atom. The highest BCUT2D eigenvalue weighted by Crippen LogP contribution is 2.19. The molecule has 1 aromatic rings. The van der Waals surface area contributed by atoms with Gasteiger partial charge in [0.1, 0.15) is 0 Å². The molecule has 0 N–H and O–H groups in total. The van der Waals surface area contributed by atoms with Crippen molar-refractivity contribution in [3.63, 3.8) is 0 Å². The smallest absolute Gasteiger partial charge is 0.0366 e. The van der Waals surface area contributed by atoms with E-state index >= 15 is 0 Å². The van der Waals surface area contributed by atoms with Crippen molar-refractivity contribution in [2.24, 2.45) is 0 Å². The number of benzene rings is 1. The standard InChI is InChI=1S/C13H16N/c1-2-12-6-8-13(9-7-12)14-10-4-3-5-11-14/h6-9H,1,3-5,10-11H2. The molecule has 0 bridgehead atoms. The summed E-state index contributed by atoms with van der Waals surface area (Å²) in [5, 5.41) is 0. The summed E-state index contributed by atoms with van der Waals surface area (Å²) in [4.78, 5) is 2.45. The first-order valence-electron chi connectivity index (χ1n) is 5.28. The van der Waals surface area contributed by atoms with Gasteiger partial charge in [0, 0.05) is 18.8 Å². The minimum absolute atomic E-state index is 1.07. The molecule has 1 nitrogen and oxygen atoms in total. The second kappa shape index (κ2) is 4.32. The fraction of sp³-hybridized carbons (Fsp3) is 0.385. The first-order chi connectivity index (χ1) is 6.90. The van der Waals surface area contributed by atoms with Gasteiger partial charge in [-0.3, -0.25) is 0 Å². The van der Waals surface area contributed by atoms with Gasteiger partial charge in [-0.15, -0.1) is 0 Å². The quantitative estimate of drug-likeness (QED) is 0.686. The first-order valence-corrected chi connectivity index (χ1v) is 5.28. The molecule has 0 aliphatic carbocycles. The van der Waals surface area contributed by atoms with Crippen molar-refractivity contribution in [2.75, 3.05) is 18.0 Å². The van der Waals surface area contributed by atoms with Crippen molar-refractivity contribution in [1.82, 2.24) is 0 Å². The fourth-order valence-electron chi connectivity index (χ4n) is 1.94. The van der Waals surface area contributed by atoms with Crippen LogP contribution in [-0.2, 0) is 0 Å². The molecule has 1 heterocycles. The van der Waals surface area contributed by atoms with Crippen LogP contribution in [0.2, 0.25) is 0 Å². The van der Waals surface area contributed by atoms with Gasteiger partial charge in [0.25, 0.3) is 0 Å². The van der Waals surface area contributed by atoms with Crippen LogP contribution >= 0.6 is 0 Å². The summed E-state index contributed by atoms with van der Waals surface area (Å²) >= 11 is 0. The zero-order valence-corrected chi connectivity index (χ0v) is 8.50. The van der Waals surface area contributed by atoms with Crippen LogP contribution in [-0.4, -0.2) is 13.1 Å². The van der Waals surface area contributed by atoms with Gasteiger partial charge in [-0.1, -0.05) is 18.7 Å². The van der Waals surface area contributed by atoms with E-state index in [0.717, 1.165) is 5.56 Å². The molecule has 14 heavy (non-hydrogen) atoms. The van der Waals surface area contributed by atoms with E-state index in [9.17, 15) is 0 Å². The Hall–Kier alpha value is -1.24. The summed E-state index contributed by atoms with van der Waals surface area (Å²) in [6, 6.07) is 8.49. The minimum atomic E-state index is 1.07. The molecular weight excluding hydrogens is 170 g/mol. The number of piperidine rings is 1. The number of nitrogens with zero attached hydrogens (tertiary/aromatic N) is 1. The molecule has 1 fully saturated rings. The van der Waals surface area contributed by atoms with Crippen LogP contribution in [0.25, 0.3) is 0 Å². The van der Waals surface area contributed by atoms with Crippen LogP contribution in [0.4, 0.5) is 5.69 Å². The normalized spacial score (nSPS) is 16.7. The van der Waals surface area contributed by atoms with Crippen molar-refractivity contribution in [1.29, 1.82) is 0 Å². The second-order valence-electron chi connectivity index (χ2n) is 3.77. The third kappa shape index (κ3) is 1.98. The Morgan fingerprint density at radius 3 is 2.21 bits per heavy atom. The van der Waals surface area contributed by atoms with Gasteiger partial charge in [0.15, 0.2) is 0 Å². The molecule has 0 unspecified atom stereocenters. The highest BCUT2D eigenvalue weighted by atomic mass is 15.1. The van der Waals surface area contributed by atoms with Gasteiger partial charge in [-0.05, 0) is 43.0 Å². The number of anilines is 1. The van der Waals surface area contributed by atoms with Crippen LogP contribution in [0, 0.1) is 6.08 Å². The molecular formula is C13H16N. The molecule has 1 aliphatic heterocycles.